The molecular formula is C22H22N4O2. The summed E-state index contributed by atoms with van der Waals surface area (Å²) >= 11 is 0. The Morgan fingerprint density at radius 3 is 2.39 bits per heavy atom. The van der Waals surface area contributed by atoms with Crippen molar-refractivity contribution in [3.05, 3.63) is 72.1 Å². The van der Waals surface area contributed by atoms with Gasteiger partial charge in [0, 0.05) is 23.7 Å². The average Bonchev–Trinajstić information content (AvgIpc) is 3.47. The molecule has 2 N–H and O–H groups in total. The van der Waals surface area contributed by atoms with E-state index in [1.54, 1.807) is 35.9 Å². The molecule has 142 valence electrons. The maximum absolute atomic E-state index is 13.0. The number of anilines is 2. The monoisotopic (exact) mass is 374 g/mol. The quantitative estimate of drug-likeness (QED) is 0.673. The molecule has 4 rings (SSSR count). The summed E-state index contributed by atoms with van der Waals surface area (Å²) in [7, 11) is 0. The number of aromatic nitrogens is 2. The van der Waals surface area contributed by atoms with E-state index < -0.39 is 0 Å². The van der Waals surface area contributed by atoms with Crippen LogP contribution in [0.4, 0.5) is 11.4 Å². The van der Waals surface area contributed by atoms with Crippen molar-refractivity contribution in [2.24, 2.45) is 0 Å². The second kappa shape index (κ2) is 7.68. The normalized spacial score (nSPS) is 13.2. The van der Waals surface area contributed by atoms with E-state index in [1.807, 2.05) is 36.4 Å². The summed E-state index contributed by atoms with van der Waals surface area (Å²) in [5.41, 5.74) is 3.57. The molecule has 0 atom stereocenters. The van der Waals surface area contributed by atoms with Crippen LogP contribution in [-0.2, 0) is 4.79 Å². The summed E-state index contributed by atoms with van der Waals surface area (Å²) in [6.07, 6.45) is 2.63. The summed E-state index contributed by atoms with van der Waals surface area (Å²) in [6.45, 7) is 1.79. The van der Waals surface area contributed by atoms with Crippen LogP contribution < -0.4 is 10.6 Å². The number of carbonyl (C=O) groups is 2. The van der Waals surface area contributed by atoms with Gasteiger partial charge in [-0.15, -0.1) is 0 Å². The van der Waals surface area contributed by atoms with Gasteiger partial charge in [-0.1, -0.05) is 31.2 Å². The van der Waals surface area contributed by atoms with Crippen molar-refractivity contribution >= 4 is 23.2 Å². The van der Waals surface area contributed by atoms with Crippen LogP contribution in [0.15, 0.2) is 60.7 Å². The highest BCUT2D eigenvalue weighted by Crippen LogP contribution is 2.39. The molecule has 1 aliphatic carbocycles. The Morgan fingerprint density at radius 1 is 1.00 bits per heavy atom. The molecule has 6 heteroatoms. The van der Waals surface area contributed by atoms with Gasteiger partial charge in [0.15, 0.2) is 0 Å². The fourth-order valence-corrected chi connectivity index (χ4v) is 3.02. The van der Waals surface area contributed by atoms with Crippen LogP contribution in [0.25, 0.3) is 5.69 Å². The number of amides is 2. The van der Waals surface area contributed by atoms with Gasteiger partial charge in [-0.3, -0.25) is 9.59 Å². The first kappa shape index (κ1) is 18.0. The van der Waals surface area contributed by atoms with Gasteiger partial charge in [-0.05, 0) is 49.2 Å². The minimum absolute atomic E-state index is 0.0697. The first-order valence-electron chi connectivity index (χ1n) is 9.50. The van der Waals surface area contributed by atoms with E-state index in [-0.39, 0.29) is 11.8 Å². The molecule has 0 unspecified atom stereocenters. The van der Waals surface area contributed by atoms with Crippen molar-refractivity contribution in [3.8, 4) is 5.69 Å². The first-order chi connectivity index (χ1) is 13.6. The fourth-order valence-electron chi connectivity index (χ4n) is 3.02. The summed E-state index contributed by atoms with van der Waals surface area (Å²) in [5, 5.41) is 10.4. The Balaban J connectivity index is 1.60. The molecule has 1 fully saturated rings. The Labute approximate surface area is 163 Å². The molecule has 0 radical (unpaired) electrons. The number of hydrogen-bond acceptors (Lipinski definition) is 3. The van der Waals surface area contributed by atoms with Crippen LogP contribution in [0.5, 0.6) is 0 Å². The molecule has 1 aromatic heterocycles. The standard InChI is InChI=1S/C22H22N4O2/c1-2-21(27)23-16-7-6-8-17(13-16)24-22(28)20-14-19(15-11-12-15)25-26(20)18-9-4-3-5-10-18/h3-10,13-15H,2,11-12H2,1H3,(H,23,27)(H,24,28). The van der Waals surface area contributed by atoms with Crippen molar-refractivity contribution in [2.75, 3.05) is 10.6 Å². The number of nitrogens with one attached hydrogen (secondary N) is 2. The van der Waals surface area contributed by atoms with E-state index in [9.17, 15) is 9.59 Å². The zero-order valence-corrected chi connectivity index (χ0v) is 15.7. The highest BCUT2D eigenvalue weighted by Gasteiger charge is 2.29. The molecule has 0 bridgehead atoms. The summed E-state index contributed by atoms with van der Waals surface area (Å²) in [4.78, 5) is 24.6. The predicted octanol–water partition coefficient (Wildman–Crippen LogP) is 4.35. The van der Waals surface area contributed by atoms with Gasteiger partial charge in [0.2, 0.25) is 5.91 Å². The van der Waals surface area contributed by atoms with Crippen LogP contribution >= 0.6 is 0 Å². The van der Waals surface area contributed by atoms with Gasteiger partial charge in [-0.25, -0.2) is 4.68 Å². The maximum Gasteiger partial charge on any atom is 0.274 e. The molecule has 2 amide bonds. The summed E-state index contributed by atoms with van der Waals surface area (Å²) < 4.78 is 1.70. The summed E-state index contributed by atoms with van der Waals surface area (Å²) in [6, 6.07) is 18.7. The Kier molecular flexibility index (Phi) is 4.93. The van der Waals surface area contributed by atoms with Crippen LogP contribution in [0.2, 0.25) is 0 Å². The van der Waals surface area contributed by atoms with Gasteiger partial charge >= 0.3 is 0 Å². The van der Waals surface area contributed by atoms with Crippen molar-refractivity contribution in [2.45, 2.75) is 32.1 Å². The van der Waals surface area contributed by atoms with Crippen LogP contribution in [-0.4, -0.2) is 21.6 Å². The Morgan fingerprint density at radius 2 is 1.71 bits per heavy atom. The zero-order valence-electron chi connectivity index (χ0n) is 15.7. The molecule has 1 heterocycles. The van der Waals surface area contributed by atoms with Crippen molar-refractivity contribution in [3.63, 3.8) is 0 Å². The lowest BCUT2D eigenvalue weighted by Gasteiger charge is -2.10. The van der Waals surface area contributed by atoms with Crippen molar-refractivity contribution < 1.29 is 9.59 Å². The van der Waals surface area contributed by atoms with E-state index in [1.165, 1.54) is 0 Å². The van der Waals surface area contributed by atoms with E-state index in [0.29, 0.717) is 29.4 Å². The third-order valence-electron chi connectivity index (χ3n) is 4.68. The van der Waals surface area contributed by atoms with Crippen molar-refractivity contribution in [1.82, 2.24) is 9.78 Å². The highest BCUT2D eigenvalue weighted by atomic mass is 16.2. The van der Waals surface area contributed by atoms with Gasteiger partial charge in [-0.2, -0.15) is 5.10 Å². The number of benzene rings is 2. The maximum atomic E-state index is 13.0. The predicted molar refractivity (Wildman–Crippen MR) is 109 cm³/mol. The third kappa shape index (κ3) is 3.96. The Hall–Kier alpha value is -3.41. The van der Waals surface area contributed by atoms with E-state index in [4.69, 9.17) is 0 Å². The SMILES string of the molecule is CCC(=O)Nc1cccc(NC(=O)c2cc(C3CC3)nn2-c2ccccc2)c1. The fraction of sp³-hybridized carbons (Fsp3) is 0.227. The minimum Gasteiger partial charge on any atom is -0.326 e. The molecule has 0 spiro atoms. The van der Waals surface area contributed by atoms with Gasteiger partial charge in [0.25, 0.3) is 5.91 Å². The number of rotatable bonds is 6. The van der Waals surface area contributed by atoms with Crippen LogP contribution in [0.3, 0.4) is 0 Å². The van der Waals surface area contributed by atoms with E-state index >= 15 is 0 Å². The topological polar surface area (TPSA) is 76.0 Å². The Bertz CT molecular complexity index is 1010. The first-order valence-corrected chi connectivity index (χ1v) is 9.50. The molecule has 0 saturated heterocycles. The lowest BCUT2D eigenvalue weighted by Crippen LogP contribution is -2.17. The molecule has 2 aromatic carbocycles. The molecule has 1 aliphatic rings. The third-order valence-corrected chi connectivity index (χ3v) is 4.68. The number of para-hydroxylation sites is 1. The van der Waals surface area contributed by atoms with Gasteiger partial charge in [0.05, 0.1) is 11.4 Å². The van der Waals surface area contributed by atoms with Gasteiger partial charge in [0.1, 0.15) is 5.69 Å². The second-order valence-electron chi connectivity index (χ2n) is 6.91. The lowest BCUT2D eigenvalue weighted by molar-refractivity contribution is -0.115. The minimum atomic E-state index is -0.234. The van der Waals surface area contributed by atoms with Crippen LogP contribution in [0, 0.1) is 0 Å². The molecular weight excluding hydrogens is 352 g/mol. The smallest absolute Gasteiger partial charge is 0.274 e. The van der Waals surface area contributed by atoms with Crippen LogP contribution in [0.1, 0.15) is 48.3 Å². The second-order valence-corrected chi connectivity index (χ2v) is 6.91. The van der Waals surface area contributed by atoms with Gasteiger partial charge < -0.3 is 10.6 Å². The van der Waals surface area contributed by atoms with E-state index in [0.717, 1.165) is 24.2 Å². The molecule has 0 aliphatic heterocycles. The molecule has 28 heavy (non-hydrogen) atoms. The molecule has 1 saturated carbocycles. The lowest BCUT2D eigenvalue weighted by atomic mass is 10.2. The average molecular weight is 374 g/mol. The highest BCUT2D eigenvalue weighted by molar-refractivity contribution is 6.04. The number of carbonyl (C=O) groups excluding carboxylic acids is 2. The van der Waals surface area contributed by atoms with Crippen molar-refractivity contribution in [1.29, 1.82) is 0 Å². The zero-order chi connectivity index (χ0) is 19.5. The number of nitrogens with zero attached hydrogens (tertiary/aromatic N) is 2. The molecule has 6 nitrogen and oxygen atoms in total. The van der Waals surface area contributed by atoms with E-state index in [2.05, 4.69) is 15.7 Å². The molecule has 3 aromatic rings. The summed E-state index contributed by atoms with van der Waals surface area (Å²) in [5.74, 6) is 0.144. The largest absolute Gasteiger partial charge is 0.326 e. The number of hydrogen-bond donors (Lipinski definition) is 2.